The van der Waals surface area contributed by atoms with Crippen LogP contribution < -0.4 is 10.6 Å². The normalized spacial score (nSPS) is 17.9. The standard InChI is InChI=1S/C19H30N2O2.ClH/c1-14(2)13-17(16-8-6-5-7-15(16)3)21-18(22)19(23-4)9-11-20-12-10-19;/h5-8,14,17,20H,9-13H2,1-4H3,(H,21,22);1H. The summed E-state index contributed by atoms with van der Waals surface area (Å²) in [5.41, 5.74) is 1.73. The summed E-state index contributed by atoms with van der Waals surface area (Å²) < 4.78 is 5.66. The third-order valence-electron chi connectivity index (χ3n) is 4.79. The Kier molecular flexibility index (Phi) is 8.20. The lowest BCUT2D eigenvalue weighted by Gasteiger charge is -2.36. The Bertz CT molecular complexity index is 528. The summed E-state index contributed by atoms with van der Waals surface area (Å²) in [6, 6.07) is 8.33. The Morgan fingerprint density at radius 3 is 2.46 bits per heavy atom. The molecule has 1 atom stereocenters. The first-order valence-electron chi connectivity index (χ1n) is 8.61. The van der Waals surface area contributed by atoms with Crippen molar-refractivity contribution in [2.24, 2.45) is 5.92 Å². The van der Waals surface area contributed by atoms with Crippen molar-refractivity contribution in [1.82, 2.24) is 10.6 Å². The van der Waals surface area contributed by atoms with Crippen LogP contribution in [0.15, 0.2) is 24.3 Å². The minimum absolute atomic E-state index is 0. The quantitative estimate of drug-likeness (QED) is 0.823. The highest BCUT2D eigenvalue weighted by molar-refractivity contribution is 5.86. The number of nitrogens with one attached hydrogen (secondary N) is 2. The van der Waals surface area contributed by atoms with Crippen LogP contribution in [0.5, 0.6) is 0 Å². The first-order valence-corrected chi connectivity index (χ1v) is 8.61. The molecule has 1 heterocycles. The van der Waals surface area contributed by atoms with Crippen LogP contribution in [-0.2, 0) is 9.53 Å². The molecule has 1 aromatic carbocycles. The fraction of sp³-hybridized carbons (Fsp3) is 0.632. The van der Waals surface area contributed by atoms with Gasteiger partial charge in [0.15, 0.2) is 0 Å². The molecule has 1 aliphatic rings. The van der Waals surface area contributed by atoms with Crippen molar-refractivity contribution in [3.05, 3.63) is 35.4 Å². The topological polar surface area (TPSA) is 50.4 Å². The van der Waals surface area contributed by atoms with Crippen molar-refractivity contribution in [3.63, 3.8) is 0 Å². The zero-order chi connectivity index (χ0) is 16.9. The second kappa shape index (κ2) is 9.40. The van der Waals surface area contributed by atoms with E-state index in [1.807, 2.05) is 12.1 Å². The van der Waals surface area contributed by atoms with Gasteiger partial charge in [-0.1, -0.05) is 38.1 Å². The van der Waals surface area contributed by atoms with Crippen LogP contribution in [0.1, 0.15) is 50.3 Å². The fourth-order valence-corrected chi connectivity index (χ4v) is 3.36. The van der Waals surface area contributed by atoms with E-state index in [1.54, 1.807) is 7.11 Å². The summed E-state index contributed by atoms with van der Waals surface area (Å²) in [4.78, 5) is 13.0. The zero-order valence-corrected chi connectivity index (χ0v) is 16.0. The summed E-state index contributed by atoms with van der Waals surface area (Å²) in [6.07, 6.45) is 2.36. The number of aryl methyl sites for hydroxylation is 1. The van der Waals surface area contributed by atoms with Gasteiger partial charge in [-0.15, -0.1) is 12.4 Å². The SMILES string of the molecule is COC1(C(=O)NC(CC(C)C)c2ccccc2C)CCNCC1.Cl. The van der Waals surface area contributed by atoms with Gasteiger partial charge in [-0.25, -0.2) is 0 Å². The highest BCUT2D eigenvalue weighted by Gasteiger charge is 2.40. The molecule has 4 nitrogen and oxygen atoms in total. The van der Waals surface area contributed by atoms with Crippen LogP contribution in [0.2, 0.25) is 0 Å². The van der Waals surface area contributed by atoms with Crippen LogP contribution in [-0.4, -0.2) is 31.7 Å². The molecule has 0 saturated carbocycles. The van der Waals surface area contributed by atoms with Gasteiger partial charge in [0.2, 0.25) is 0 Å². The smallest absolute Gasteiger partial charge is 0.252 e. The minimum Gasteiger partial charge on any atom is -0.368 e. The van der Waals surface area contributed by atoms with E-state index >= 15 is 0 Å². The lowest BCUT2D eigenvalue weighted by atomic mass is 9.88. The van der Waals surface area contributed by atoms with Gasteiger partial charge in [-0.05, 0) is 56.3 Å². The Hall–Kier alpha value is -1.10. The number of rotatable bonds is 6. The number of hydrogen-bond acceptors (Lipinski definition) is 3. The number of amides is 1. The van der Waals surface area contributed by atoms with Gasteiger partial charge in [0.05, 0.1) is 6.04 Å². The summed E-state index contributed by atoms with van der Waals surface area (Å²) in [6.45, 7) is 8.12. The van der Waals surface area contributed by atoms with E-state index in [1.165, 1.54) is 11.1 Å². The zero-order valence-electron chi connectivity index (χ0n) is 15.2. The molecule has 1 fully saturated rings. The molecule has 1 unspecified atom stereocenters. The maximum Gasteiger partial charge on any atom is 0.252 e. The number of piperidine rings is 1. The Morgan fingerprint density at radius 2 is 1.92 bits per heavy atom. The molecular formula is C19H31ClN2O2. The Balaban J connectivity index is 0.00000288. The van der Waals surface area contributed by atoms with Gasteiger partial charge < -0.3 is 15.4 Å². The number of halogens is 1. The van der Waals surface area contributed by atoms with E-state index in [-0.39, 0.29) is 24.4 Å². The molecule has 2 rings (SSSR count). The van der Waals surface area contributed by atoms with Gasteiger partial charge >= 0.3 is 0 Å². The molecule has 2 N–H and O–H groups in total. The molecular weight excluding hydrogens is 324 g/mol. The van der Waals surface area contributed by atoms with Crippen molar-refractivity contribution in [2.45, 2.75) is 51.7 Å². The predicted molar refractivity (Wildman–Crippen MR) is 101 cm³/mol. The highest BCUT2D eigenvalue weighted by Crippen LogP contribution is 2.28. The maximum absolute atomic E-state index is 13.0. The van der Waals surface area contributed by atoms with Gasteiger partial charge in [0.1, 0.15) is 5.60 Å². The third kappa shape index (κ3) is 4.95. The van der Waals surface area contributed by atoms with Gasteiger partial charge in [0, 0.05) is 7.11 Å². The minimum atomic E-state index is -0.691. The van der Waals surface area contributed by atoms with Gasteiger partial charge in [-0.3, -0.25) is 4.79 Å². The highest BCUT2D eigenvalue weighted by atomic mass is 35.5. The maximum atomic E-state index is 13.0. The number of benzene rings is 1. The number of ether oxygens (including phenoxy) is 1. The predicted octanol–water partition coefficient (Wildman–Crippen LogP) is 3.39. The first kappa shape index (κ1) is 20.9. The van der Waals surface area contributed by atoms with Crippen molar-refractivity contribution >= 4 is 18.3 Å². The lowest BCUT2D eigenvalue weighted by Crippen LogP contribution is -2.54. The van der Waals surface area contributed by atoms with E-state index in [9.17, 15) is 4.79 Å². The number of hydrogen-bond donors (Lipinski definition) is 2. The van der Waals surface area contributed by atoms with Gasteiger partial charge in [-0.2, -0.15) is 0 Å². The molecule has 24 heavy (non-hydrogen) atoms. The second-order valence-corrected chi connectivity index (χ2v) is 6.96. The number of carbonyl (C=O) groups is 1. The molecule has 1 saturated heterocycles. The fourth-order valence-electron chi connectivity index (χ4n) is 3.36. The van der Waals surface area contributed by atoms with Gasteiger partial charge in [0.25, 0.3) is 5.91 Å². The molecule has 5 heteroatoms. The van der Waals surface area contributed by atoms with E-state index in [4.69, 9.17) is 4.74 Å². The van der Waals surface area contributed by atoms with Crippen molar-refractivity contribution in [2.75, 3.05) is 20.2 Å². The largest absolute Gasteiger partial charge is 0.368 e. The van der Waals surface area contributed by atoms with E-state index < -0.39 is 5.60 Å². The Labute approximate surface area is 152 Å². The monoisotopic (exact) mass is 354 g/mol. The molecule has 0 aliphatic carbocycles. The molecule has 0 aromatic heterocycles. The summed E-state index contributed by atoms with van der Waals surface area (Å²) in [5, 5.41) is 6.57. The number of carbonyl (C=O) groups excluding carboxylic acids is 1. The molecule has 0 radical (unpaired) electrons. The van der Waals surface area contributed by atoms with Crippen molar-refractivity contribution in [1.29, 1.82) is 0 Å². The van der Waals surface area contributed by atoms with E-state index in [2.05, 4.69) is 43.5 Å². The van der Waals surface area contributed by atoms with Crippen LogP contribution >= 0.6 is 12.4 Å². The summed E-state index contributed by atoms with van der Waals surface area (Å²) in [5.74, 6) is 0.529. The number of methoxy groups -OCH3 is 1. The molecule has 1 aromatic rings. The van der Waals surface area contributed by atoms with Crippen LogP contribution in [0.4, 0.5) is 0 Å². The Morgan fingerprint density at radius 1 is 1.29 bits per heavy atom. The molecule has 0 bridgehead atoms. The molecule has 0 spiro atoms. The van der Waals surface area contributed by atoms with Crippen LogP contribution in [0, 0.1) is 12.8 Å². The summed E-state index contributed by atoms with van der Waals surface area (Å²) in [7, 11) is 1.65. The summed E-state index contributed by atoms with van der Waals surface area (Å²) >= 11 is 0. The van der Waals surface area contributed by atoms with E-state index in [0.29, 0.717) is 5.92 Å². The van der Waals surface area contributed by atoms with Crippen molar-refractivity contribution in [3.8, 4) is 0 Å². The second-order valence-electron chi connectivity index (χ2n) is 6.96. The third-order valence-corrected chi connectivity index (χ3v) is 4.79. The van der Waals surface area contributed by atoms with E-state index in [0.717, 1.165) is 32.4 Å². The molecule has 1 aliphatic heterocycles. The molecule has 1 amide bonds. The molecule has 136 valence electrons. The average Bonchev–Trinajstić information content (AvgIpc) is 2.55. The van der Waals surface area contributed by atoms with Crippen molar-refractivity contribution < 1.29 is 9.53 Å². The lowest BCUT2D eigenvalue weighted by molar-refractivity contribution is -0.147. The van der Waals surface area contributed by atoms with Crippen LogP contribution in [0.3, 0.4) is 0 Å². The average molecular weight is 355 g/mol. The van der Waals surface area contributed by atoms with Crippen LogP contribution in [0.25, 0.3) is 0 Å². The first-order chi connectivity index (χ1) is 11.0.